The van der Waals surface area contributed by atoms with Gasteiger partial charge in [0.15, 0.2) is 11.5 Å². The molecular formula is C24H26FN4O2S. The summed E-state index contributed by atoms with van der Waals surface area (Å²) in [4.78, 5) is 9.46. The predicted octanol–water partition coefficient (Wildman–Crippen LogP) is 5.21. The van der Waals surface area contributed by atoms with E-state index >= 15 is 0 Å². The van der Waals surface area contributed by atoms with Gasteiger partial charge in [-0.05, 0) is 37.0 Å². The first-order chi connectivity index (χ1) is 15.5. The van der Waals surface area contributed by atoms with E-state index in [-0.39, 0.29) is 17.2 Å². The lowest BCUT2D eigenvalue weighted by Crippen LogP contribution is -2.42. The molecule has 1 saturated heterocycles. The Morgan fingerprint density at radius 1 is 1.12 bits per heavy atom. The van der Waals surface area contributed by atoms with Gasteiger partial charge in [0.1, 0.15) is 11.6 Å². The zero-order valence-electron chi connectivity index (χ0n) is 18.6. The number of fused-ring (bicyclic) bond motifs is 1. The Kier molecular flexibility index (Phi) is 5.51. The van der Waals surface area contributed by atoms with Crippen LogP contribution in [0.3, 0.4) is 0 Å². The van der Waals surface area contributed by atoms with Crippen LogP contribution in [-0.4, -0.2) is 46.1 Å². The molecule has 6 nitrogen and oxygen atoms in total. The summed E-state index contributed by atoms with van der Waals surface area (Å²) in [5, 5.41) is 4.73. The molecule has 1 fully saturated rings. The molecule has 1 radical (unpaired) electrons. The molecule has 1 unspecified atom stereocenters. The second-order valence-corrected chi connectivity index (χ2v) is 9.56. The van der Waals surface area contributed by atoms with Crippen molar-refractivity contribution < 1.29 is 13.9 Å². The van der Waals surface area contributed by atoms with Gasteiger partial charge in [-0.15, -0.1) is 0 Å². The highest BCUT2D eigenvalue weighted by atomic mass is 32.2. The van der Waals surface area contributed by atoms with Crippen LogP contribution < -0.4 is 9.47 Å². The van der Waals surface area contributed by atoms with Crippen LogP contribution in [0.25, 0.3) is 15.9 Å². The van der Waals surface area contributed by atoms with Crippen molar-refractivity contribution in [3.63, 3.8) is 0 Å². The van der Waals surface area contributed by atoms with E-state index in [9.17, 15) is 4.39 Å². The lowest BCUT2D eigenvalue weighted by atomic mass is 10.0. The van der Waals surface area contributed by atoms with Gasteiger partial charge >= 0.3 is 0 Å². The average Bonchev–Trinajstić information content (AvgIpc) is 3.48. The highest BCUT2D eigenvalue weighted by Crippen LogP contribution is 2.45. The third-order valence-corrected chi connectivity index (χ3v) is 7.29. The van der Waals surface area contributed by atoms with Crippen LogP contribution in [0.15, 0.2) is 36.4 Å². The molecule has 167 valence electrons. The molecule has 32 heavy (non-hydrogen) atoms. The van der Waals surface area contributed by atoms with Gasteiger partial charge in [-0.3, -0.25) is 5.01 Å². The SMILES string of the molecule is COc1cc2nc([C@@H]3[C@@H](C)CCN3N3[C]=C(c4ccc(F)cc4)SC3C)[nH]c2cc1OC. The largest absolute Gasteiger partial charge is 0.493 e. The molecule has 3 atom stereocenters. The number of thioether (sulfide) groups is 1. The van der Waals surface area contributed by atoms with Gasteiger partial charge in [0.25, 0.3) is 0 Å². The van der Waals surface area contributed by atoms with Crippen LogP contribution in [0.1, 0.15) is 37.7 Å². The van der Waals surface area contributed by atoms with Gasteiger partial charge in [-0.1, -0.05) is 30.8 Å². The number of ether oxygens (including phenoxy) is 2. The number of hydrogen-bond donors (Lipinski definition) is 1. The molecule has 0 saturated carbocycles. The van der Waals surface area contributed by atoms with Crippen LogP contribution in [0.5, 0.6) is 11.5 Å². The Morgan fingerprint density at radius 2 is 1.84 bits per heavy atom. The first-order valence-electron chi connectivity index (χ1n) is 10.7. The fourth-order valence-corrected chi connectivity index (χ4v) is 5.56. The fraction of sp³-hybridized carbons (Fsp3) is 0.375. The van der Waals surface area contributed by atoms with Crippen LogP contribution in [0, 0.1) is 17.9 Å². The summed E-state index contributed by atoms with van der Waals surface area (Å²) in [6.07, 6.45) is 4.61. The number of benzene rings is 2. The minimum absolute atomic E-state index is 0.0995. The van der Waals surface area contributed by atoms with E-state index in [0.717, 1.165) is 40.3 Å². The summed E-state index contributed by atoms with van der Waals surface area (Å²) < 4.78 is 24.2. The number of halogens is 1. The summed E-state index contributed by atoms with van der Waals surface area (Å²) in [5.41, 5.74) is 2.76. The zero-order valence-corrected chi connectivity index (χ0v) is 19.4. The predicted molar refractivity (Wildman–Crippen MR) is 124 cm³/mol. The monoisotopic (exact) mass is 453 g/mol. The molecule has 2 aliphatic rings. The van der Waals surface area contributed by atoms with E-state index < -0.39 is 0 Å². The van der Waals surface area contributed by atoms with Gasteiger partial charge in [-0.2, -0.15) is 0 Å². The van der Waals surface area contributed by atoms with E-state index in [1.807, 2.05) is 24.3 Å². The molecule has 1 N–H and O–H groups in total. The van der Waals surface area contributed by atoms with E-state index in [0.29, 0.717) is 17.4 Å². The number of methoxy groups -OCH3 is 2. The third-order valence-electron chi connectivity index (χ3n) is 6.19. The molecule has 0 amide bonds. The standard InChI is InChI=1S/C24H26FN4O2S/c1-14-9-10-28(29-13-22(32-15(29)2)16-5-7-17(25)8-6-16)23(14)24-26-18-11-20(30-3)21(31-4)12-19(18)27-24/h5-8,11-12,14-15,23H,9-10H2,1-4H3,(H,26,27)/t14-,15?,23-/m0/s1. The number of hydrazine groups is 1. The van der Waals surface area contributed by atoms with Gasteiger partial charge in [-0.25, -0.2) is 14.4 Å². The maximum atomic E-state index is 13.4. The highest BCUT2D eigenvalue weighted by Gasteiger charge is 2.41. The van der Waals surface area contributed by atoms with Crippen molar-refractivity contribution in [2.45, 2.75) is 31.7 Å². The van der Waals surface area contributed by atoms with Gasteiger partial charge < -0.3 is 14.5 Å². The maximum Gasteiger partial charge on any atom is 0.163 e. The second kappa shape index (κ2) is 8.33. The number of aromatic nitrogens is 2. The van der Waals surface area contributed by atoms with E-state index in [1.54, 1.807) is 26.0 Å². The van der Waals surface area contributed by atoms with Crippen molar-refractivity contribution in [2.75, 3.05) is 20.8 Å². The molecule has 8 heteroatoms. The number of imidazole rings is 1. The summed E-state index contributed by atoms with van der Waals surface area (Å²) in [6, 6.07) is 10.6. The maximum absolute atomic E-state index is 13.4. The third kappa shape index (κ3) is 3.61. The van der Waals surface area contributed by atoms with Crippen molar-refractivity contribution in [1.82, 2.24) is 20.0 Å². The number of H-pyrrole nitrogens is 1. The van der Waals surface area contributed by atoms with Crippen molar-refractivity contribution in [2.24, 2.45) is 5.92 Å². The number of nitrogens with zero attached hydrogens (tertiary/aromatic N) is 3. The fourth-order valence-electron chi connectivity index (χ4n) is 4.52. The molecule has 5 rings (SSSR count). The van der Waals surface area contributed by atoms with Crippen LogP contribution >= 0.6 is 11.8 Å². The Hall–Kier alpha value is -2.71. The Morgan fingerprint density at radius 3 is 2.56 bits per heavy atom. The molecule has 2 aromatic carbocycles. The molecule has 0 spiro atoms. The van der Waals surface area contributed by atoms with Gasteiger partial charge in [0.2, 0.25) is 0 Å². The first kappa shape index (κ1) is 21.2. The molecule has 2 aliphatic heterocycles. The smallest absolute Gasteiger partial charge is 0.163 e. The number of aromatic amines is 1. The van der Waals surface area contributed by atoms with Crippen molar-refractivity contribution in [3.05, 3.63) is 59.8 Å². The second-order valence-electron chi connectivity index (χ2n) is 8.23. The molecule has 3 aromatic rings. The van der Waals surface area contributed by atoms with Crippen LogP contribution in [0.4, 0.5) is 4.39 Å². The summed E-state index contributed by atoms with van der Waals surface area (Å²) in [5.74, 6) is 2.46. The Labute approximate surface area is 191 Å². The summed E-state index contributed by atoms with van der Waals surface area (Å²) >= 11 is 1.74. The normalized spacial score (nSPS) is 23.7. The van der Waals surface area contributed by atoms with Crippen molar-refractivity contribution in [1.29, 1.82) is 0 Å². The van der Waals surface area contributed by atoms with Crippen LogP contribution in [0.2, 0.25) is 0 Å². The quantitative estimate of drug-likeness (QED) is 0.572. The molecule has 3 heterocycles. The van der Waals surface area contributed by atoms with E-state index in [4.69, 9.17) is 14.5 Å². The van der Waals surface area contributed by atoms with Gasteiger partial charge in [0, 0.05) is 23.6 Å². The van der Waals surface area contributed by atoms with Crippen molar-refractivity contribution in [3.8, 4) is 11.5 Å². The number of hydrogen-bond acceptors (Lipinski definition) is 6. The topological polar surface area (TPSA) is 53.6 Å². The average molecular weight is 454 g/mol. The molecule has 1 aromatic heterocycles. The van der Waals surface area contributed by atoms with Crippen molar-refractivity contribution >= 4 is 27.7 Å². The summed E-state index contributed by atoms with van der Waals surface area (Å²) in [7, 11) is 3.26. The highest BCUT2D eigenvalue weighted by molar-refractivity contribution is 8.09. The van der Waals surface area contributed by atoms with Gasteiger partial charge in [0.05, 0.1) is 42.9 Å². The first-order valence-corrected chi connectivity index (χ1v) is 11.6. The Bertz CT molecular complexity index is 1120. The molecule has 0 bridgehead atoms. The zero-order chi connectivity index (χ0) is 22.4. The molecular weight excluding hydrogens is 427 g/mol. The van der Waals surface area contributed by atoms with E-state index in [1.165, 1.54) is 12.1 Å². The lowest BCUT2D eigenvalue weighted by Gasteiger charge is -2.35. The van der Waals surface area contributed by atoms with Crippen LogP contribution in [-0.2, 0) is 0 Å². The number of nitrogens with one attached hydrogen (secondary N) is 1. The van der Waals surface area contributed by atoms with E-state index in [2.05, 4.69) is 35.0 Å². The number of rotatable bonds is 5. The summed E-state index contributed by atoms with van der Waals surface area (Å²) in [6.45, 7) is 5.35. The minimum Gasteiger partial charge on any atom is -0.493 e. The lowest BCUT2D eigenvalue weighted by molar-refractivity contribution is -0.0128. The molecule has 0 aliphatic carbocycles. The minimum atomic E-state index is -0.228. The Balaban J connectivity index is 1.48.